The van der Waals surface area contributed by atoms with Crippen LogP contribution in [0.15, 0.2) is 30.3 Å². The zero-order valence-electron chi connectivity index (χ0n) is 11.2. The summed E-state index contributed by atoms with van der Waals surface area (Å²) in [5, 5.41) is 0. The van der Waals surface area contributed by atoms with Gasteiger partial charge in [-0.25, -0.2) is 0 Å². The Morgan fingerprint density at radius 1 is 1.22 bits per heavy atom. The summed E-state index contributed by atoms with van der Waals surface area (Å²) in [4.78, 5) is 11.6. The molecule has 0 spiro atoms. The summed E-state index contributed by atoms with van der Waals surface area (Å²) in [5.41, 5.74) is 3.70. The fourth-order valence-corrected chi connectivity index (χ4v) is 2.30. The summed E-state index contributed by atoms with van der Waals surface area (Å²) in [7, 11) is 1.65. The minimum atomic E-state index is 0.0873. The zero-order chi connectivity index (χ0) is 13.3. The number of aryl methyl sites for hydroxylation is 1. The summed E-state index contributed by atoms with van der Waals surface area (Å²) in [6.07, 6.45) is 0. The number of hydrogen-bond acceptors (Lipinski definition) is 2. The second kappa shape index (κ2) is 4.69. The Morgan fingerprint density at radius 3 is 2.44 bits per heavy atom. The highest BCUT2D eigenvalue weighted by Gasteiger charge is 2.15. The lowest BCUT2D eigenvalue weighted by molar-refractivity contribution is 0.101. The minimum absolute atomic E-state index is 0.0873. The van der Waals surface area contributed by atoms with Gasteiger partial charge in [-0.15, -0.1) is 0 Å². The molecule has 18 heavy (non-hydrogen) atoms. The third-order valence-electron chi connectivity index (χ3n) is 3.14. The van der Waals surface area contributed by atoms with E-state index >= 15 is 0 Å². The van der Waals surface area contributed by atoms with E-state index in [9.17, 15) is 4.79 Å². The largest absolute Gasteiger partial charge is 0.495 e. The number of rotatable bonds is 3. The van der Waals surface area contributed by atoms with Crippen LogP contribution in [0.25, 0.3) is 5.69 Å². The van der Waals surface area contributed by atoms with Crippen LogP contribution in [0.1, 0.15) is 28.7 Å². The van der Waals surface area contributed by atoms with Crippen LogP contribution < -0.4 is 4.74 Å². The van der Waals surface area contributed by atoms with Crippen molar-refractivity contribution in [2.45, 2.75) is 20.8 Å². The fraction of sp³-hybridized carbons (Fsp3) is 0.267. The first-order valence-corrected chi connectivity index (χ1v) is 5.89. The predicted octanol–water partition coefficient (Wildman–Crippen LogP) is 3.31. The molecular weight excluding hydrogens is 226 g/mol. The van der Waals surface area contributed by atoms with Crippen LogP contribution in [0.5, 0.6) is 5.75 Å². The van der Waals surface area contributed by atoms with Crippen molar-refractivity contribution in [3.05, 3.63) is 47.3 Å². The number of para-hydroxylation sites is 2. The number of nitrogens with zero attached hydrogens (tertiary/aromatic N) is 1. The number of methoxy groups -OCH3 is 1. The van der Waals surface area contributed by atoms with Crippen LogP contribution in [-0.2, 0) is 0 Å². The summed E-state index contributed by atoms with van der Waals surface area (Å²) in [6, 6.07) is 9.72. The molecule has 0 aliphatic carbocycles. The molecule has 94 valence electrons. The van der Waals surface area contributed by atoms with Crippen LogP contribution in [0, 0.1) is 13.8 Å². The van der Waals surface area contributed by atoms with Crippen LogP contribution in [0.3, 0.4) is 0 Å². The number of Topliss-reactive ketones (excluding diaryl/α,β-unsaturated/α-hetero) is 1. The SMILES string of the molecule is COc1ccccc1-n1c(C)cc(C(C)=O)c1C. The van der Waals surface area contributed by atoms with Gasteiger partial charge in [-0.3, -0.25) is 4.79 Å². The fourth-order valence-electron chi connectivity index (χ4n) is 2.30. The third-order valence-corrected chi connectivity index (χ3v) is 3.14. The first-order chi connectivity index (χ1) is 8.56. The average molecular weight is 243 g/mol. The van der Waals surface area contributed by atoms with Crippen molar-refractivity contribution in [3.63, 3.8) is 0 Å². The summed E-state index contributed by atoms with van der Waals surface area (Å²) >= 11 is 0. The number of carbonyl (C=O) groups excluding carboxylic acids is 1. The van der Waals surface area contributed by atoms with Crippen LogP contribution >= 0.6 is 0 Å². The van der Waals surface area contributed by atoms with E-state index in [4.69, 9.17) is 4.74 Å². The van der Waals surface area contributed by atoms with Crippen molar-refractivity contribution < 1.29 is 9.53 Å². The van der Waals surface area contributed by atoms with Crippen molar-refractivity contribution >= 4 is 5.78 Å². The standard InChI is InChI=1S/C15H17NO2/c1-10-9-13(12(3)17)11(2)16(10)14-7-5-6-8-15(14)18-4/h5-9H,1-4H3. The highest BCUT2D eigenvalue weighted by atomic mass is 16.5. The highest BCUT2D eigenvalue weighted by molar-refractivity contribution is 5.95. The van der Waals surface area contributed by atoms with E-state index in [0.717, 1.165) is 28.4 Å². The Hall–Kier alpha value is -2.03. The minimum Gasteiger partial charge on any atom is -0.495 e. The van der Waals surface area contributed by atoms with Gasteiger partial charge in [-0.1, -0.05) is 12.1 Å². The van der Waals surface area contributed by atoms with Gasteiger partial charge in [0.25, 0.3) is 0 Å². The van der Waals surface area contributed by atoms with Gasteiger partial charge in [0.15, 0.2) is 5.78 Å². The van der Waals surface area contributed by atoms with Crippen molar-refractivity contribution in [3.8, 4) is 11.4 Å². The molecule has 0 unspecified atom stereocenters. The monoisotopic (exact) mass is 243 g/mol. The maximum atomic E-state index is 11.6. The number of ketones is 1. The van der Waals surface area contributed by atoms with E-state index < -0.39 is 0 Å². The van der Waals surface area contributed by atoms with Crippen molar-refractivity contribution in [1.82, 2.24) is 4.57 Å². The first kappa shape index (κ1) is 12.4. The second-order valence-corrected chi connectivity index (χ2v) is 4.35. The molecule has 0 atom stereocenters. The lowest BCUT2D eigenvalue weighted by Gasteiger charge is -2.13. The quantitative estimate of drug-likeness (QED) is 0.774. The van der Waals surface area contributed by atoms with Crippen LogP contribution in [-0.4, -0.2) is 17.5 Å². The van der Waals surface area contributed by atoms with E-state index in [-0.39, 0.29) is 5.78 Å². The molecule has 0 aliphatic heterocycles. The molecule has 3 heteroatoms. The van der Waals surface area contributed by atoms with Gasteiger partial charge >= 0.3 is 0 Å². The maximum absolute atomic E-state index is 11.6. The molecule has 0 saturated heterocycles. The van der Waals surface area contributed by atoms with E-state index in [1.165, 1.54) is 0 Å². The van der Waals surface area contributed by atoms with Gasteiger partial charge in [0.1, 0.15) is 5.75 Å². The van der Waals surface area contributed by atoms with Gasteiger partial charge in [0.2, 0.25) is 0 Å². The Kier molecular flexibility index (Phi) is 3.24. The number of benzene rings is 1. The molecule has 0 bridgehead atoms. The van der Waals surface area contributed by atoms with Crippen LogP contribution in [0.2, 0.25) is 0 Å². The Morgan fingerprint density at radius 2 is 1.89 bits per heavy atom. The van der Waals surface area contributed by atoms with Gasteiger partial charge in [-0.05, 0) is 39.0 Å². The molecule has 3 nitrogen and oxygen atoms in total. The molecule has 0 amide bonds. The van der Waals surface area contributed by atoms with Crippen molar-refractivity contribution in [2.75, 3.05) is 7.11 Å². The predicted molar refractivity (Wildman–Crippen MR) is 71.8 cm³/mol. The molecule has 0 N–H and O–H groups in total. The molecule has 2 aromatic rings. The molecule has 1 aromatic carbocycles. The Bertz CT molecular complexity index is 597. The number of ether oxygens (including phenoxy) is 1. The highest BCUT2D eigenvalue weighted by Crippen LogP contribution is 2.27. The van der Waals surface area contributed by atoms with E-state index in [1.807, 2.05) is 44.2 Å². The van der Waals surface area contributed by atoms with Gasteiger partial charge in [0, 0.05) is 17.0 Å². The summed E-state index contributed by atoms with van der Waals surface area (Å²) < 4.78 is 7.42. The van der Waals surface area contributed by atoms with E-state index in [1.54, 1.807) is 14.0 Å². The Balaban J connectivity index is 2.68. The van der Waals surface area contributed by atoms with Gasteiger partial charge < -0.3 is 9.30 Å². The Labute approximate surface area is 107 Å². The number of carbonyl (C=O) groups is 1. The maximum Gasteiger partial charge on any atom is 0.161 e. The normalized spacial score (nSPS) is 10.4. The smallest absolute Gasteiger partial charge is 0.161 e. The molecule has 0 saturated carbocycles. The molecule has 1 heterocycles. The topological polar surface area (TPSA) is 31.2 Å². The number of aromatic nitrogens is 1. The molecule has 2 rings (SSSR count). The van der Waals surface area contributed by atoms with Crippen molar-refractivity contribution in [1.29, 1.82) is 0 Å². The summed E-state index contributed by atoms with van der Waals surface area (Å²) in [5.74, 6) is 0.888. The lowest BCUT2D eigenvalue weighted by Crippen LogP contribution is -2.03. The second-order valence-electron chi connectivity index (χ2n) is 4.35. The average Bonchev–Trinajstić information content (AvgIpc) is 2.65. The van der Waals surface area contributed by atoms with Gasteiger partial charge in [0.05, 0.1) is 12.8 Å². The number of hydrogen-bond donors (Lipinski definition) is 0. The third kappa shape index (κ3) is 1.92. The molecular formula is C15H17NO2. The molecule has 0 fully saturated rings. The van der Waals surface area contributed by atoms with Gasteiger partial charge in [-0.2, -0.15) is 0 Å². The zero-order valence-corrected chi connectivity index (χ0v) is 11.2. The summed E-state index contributed by atoms with van der Waals surface area (Å²) in [6.45, 7) is 5.54. The molecule has 0 radical (unpaired) electrons. The molecule has 1 aromatic heterocycles. The van der Waals surface area contributed by atoms with Crippen molar-refractivity contribution in [2.24, 2.45) is 0 Å². The van der Waals surface area contributed by atoms with E-state index in [0.29, 0.717) is 0 Å². The first-order valence-electron chi connectivity index (χ1n) is 5.89. The molecule has 0 aliphatic rings. The lowest BCUT2D eigenvalue weighted by atomic mass is 10.2. The van der Waals surface area contributed by atoms with E-state index in [2.05, 4.69) is 4.57 Å². The van der Waals surface area contributed by atoms with Crippen LogP contribution in [0.4, 0.5) is 0 Å².